The summed E-state index contributed by atoms with van der Waals surface area (Å²) in [6.07, 6.45) is 6.33. The van der Waals surface area contributed by atoms with E-state index in [-0.39, 0.29) is 6.04 Å². The van der Waals surface area contributed by atoms with Crippen LogP contribution in [0.2, 0.25) is 0 Å². The van der Waals surface area contributed by atoms with Gasteiger partial charge >= 0.3 is 0 Å². The Morgan fingerprint density at radius 3 is 1.96 bits per heavy atom. The van der Waals surface area contributed by atoms with E-state index < -0.39 is 0 Å². The van der Waals surface area contributed by atoms with Crippen LogP contribution in [0.25, 0.3) is 93.4 Å². The van der Waals surface area contributed by atoms with E-state index in [4.69, 9.17) is 4.98 Å². The zero-order chi connectivity index (χ0) is 35.6. The SMILES string of the molecule is C1=CC(c2ccc(-c3ccc4c(-c5ccc6ccccc6c5)c5ccccc5c(-c5cccc6ccccc56)c4c3)cc2)Nc2c1ccc1cccnc21. The van der Waals surface area contributed by atoms with E-state index in [2.05, 4.69) is 187 Å². The number of nitrogens with zero attached hydrogens (tertiary/aromatic N) is 1. The van der Waals surface area contributed by atoms with Crippen molar-refractivity contribution in [1.29, 1.82) is 0 Å². The Kier molecular flexibility index (Phi) is 6.96. The summed E-state index contributed by atoms with van der Waals surface area (Å²) in [6, 6.07) is 64.6. The van der Waals surface area contributed by atoms with Gasteiger partial charge in [-0.05, 0) is 106 Å². The molecule has 0 radical (unpaired) electrons. The molecule has 11 rings (SSSR count). The molecule has 9 aromatic carbocycles. The summed E-state index contributed by atoms with van der Waals surface area (Å²) in [5.74, 6) is 0. The van der Waals surface area contributed by atoms with Gasteiger partial charge in [0.15, 0.2) is 0 Å². The lowest BCUT2D eigenvalue weighted by atomic mass is 9.83. The van der Waals surface area contributed by atoms with Crippen molar-refractivity contribution in [2.75, 3.05) is 5.32 Å². The van der Waals surface area contributed by atoms with Gasteiger partial charge in [-0.1, -0.05) is 170 Å². The smallest absolute Gasteiger partial charge is 0.0939 e. The minimum absolute atomic E-state index is 0.0598. The van der Waals surface area contributed by atoms with Gasteiger partial charge in [0.2, 0.25) is 0 Å². The Morgan fingerprint density at radius 1 is 0.426 bits per heavy atom. The number of pyridine rings is 1. The van der Waals surface area contributed by atoms with Crippen LogP contribution < -0.4 is 5.32 Å². The minimum atomic E-state index is 0.0598. The molecule has 252 valence electrons. The molecule has 0 bridgehead atoms. The lowest BCUT2D eigenvalue weighted by Crippen LogP contribution is -2.12. The van der Waals surface area contributed by atoms with Crippen molar-refractivity contribution in [1.82, 2.24) is 4.98 Å². The maximum atomic E-state index is 4.71. The summed E-state index contributed by atoms with van der Waals surface area (Å²) >= 11 is 0. The molecule has 54 heavy (non-hydrogen) atoms. The molecule has 10 aromatic rings. The molecule has 2 heterocycles. The molecule has 0 saturated heterocycles. The quantitative estimate of drug-likeness (QED) is 0.186. The van der Waals surface area contributed by atoms with Crippen molar-refractivity contribution >= 4 is 65.8 Å². The fraction of sp³-hybridized carbons (Fsp3) is 0.0192. The van der Waals surface area contributed by atoms with Crippen LogP contribution in [-0.2, 0) is 0 Å². The highest BCUT2D eigenvalue weighted by Gasteiger charge is 2.20. The Balaban J connectivity index is 1.09. The zero-order valence-electron chi connectivity index (χ0n) is 29.5. The number of hydrogen-bond donors (Lipinski definition) is 1. The Labute approximate surface area is 313 Å². The van der Waals surface area contributed by atoms with E-state index in [1.54, 1.807) is 0 Å². The molecule has 1 N–H and O–H groups in total. The molecule has 0 aliphatic carbocycles. The third-order valence-electron chi connectivity index (χ3n) is 11.3. The first-order valence-corrected chi connectivity index (χ1v) is 18.7. The number of fused-ring (bicyclic) bond motifs is 7. The number of benzene rings is 9. The predicted molar refractivity (Wildman–Crippen MR) is 230 cm³/mol. The molecule has 0 fully saturated rings. The summed E-state index contributed by atoms with van der Waals surface area (Å²) < 4.78 is 0. The molecule has 0 saturated carbocycles. The maximum absolute atomic E-state index is 4.71. The highest BCUT2D eigenvalue weighted by molar-refractivity contribution is 6.24. The third kappa shape index (κ3) is 4.92. The number of aromatic nitrogens is 1. The highest BCUT2D eigenvalue weighted by Crippen LogP contribution is 2.47. The minimum Gasteiger partial charge on any atom is -0.372 e. The van der Waals surface area contributed by atoms with Crippen molar-refractivity contribution in [3.63, 3.8) is 0 Å². The molecule has 1 atom stereocenters. The predicted octanol–water partition coefficient (Wildman–Crippen LogP) is 14.0. The largest absolute Gasteiger partial charge is 0.372 e. The van der Waals surface area contributed by atoms with Gasteiger partial charge in [-0.25, -0.2) is 0 Å². The van der Waals surface area contributed by atoms with Crippen LogP contribution in [0.1, 0.15) is 17.2 Å². The van der Waals surface area contributed by atoms with Crippen LogP contribution in [0.3, 0.4) is 0 Å². The van der Waals surface area contributed by atoms with Crippen molar-refractivity contribution < 1.29 is 0 Å². The second-order valence-corrected chi connectivity index (χ2v) is 14.4. The number of rotatable bonds is 4. The molecule has 0 spiro atoms. The molecule has 1 aromatic heterocycles. The zero-order valence-corrected chi connectivity index (χ0v) is 29.5. The monoisotopic (exact) mass is 686 g/mol. The molecule has 1 aliphatic rings. The normalized spacial score (nSPS) is 13.8. The standard InChI is InChI=1S/C52H34N2/c1-2-11-39-31-41(25-20-33(39)9-1)49-44-15-5-6-16-45(44)50(43-17-7-12-35-10-3-4-14-42(35)43)47-32-40(26-28-46(47)49)34-18-21-36(22-19-34)48-29-27-38-24-23-37-13-8-30-53-51(37)52(38)54-48/h1-32,48,54H. The fourth-order valence-electron chi connectivity index (χ4n) is 8.68. The van der Waals surface area contributed by atoms with E-state index in [9.17, 15) is 0 Å². The van der Waals surface area contributed by atoms with Crippen molar-refractivity contribution in [2.24, 2.45) is 0 Å². The van der Waals surface area contributed by atoms with Crippen molar-refractivity contribution in [3.05, 3.63) is 199 Å². The number of nitrogens with one attached hydrogen (secondary N) is 1. The first-order valence-electron chi connectivity index (χ1n) is 18.7. The fourth-order valence-corrected chi connectivity index (χ4v) is 8.68. The molecule has 1 aliphatic heterocycles. The molecular weight excluding hydrogens is 653 g/mol. The van der Waals surface area contributed by atoms with Crippen LogP contribution in [0, 0.1) is 0 Å². The second-order valence-electron chi connectivity index (χ2n) is 14.4. The van der Waals surface area contributed by atoms with E-state index >= 15 is 0 Å². The Bertz CT molecular complexity index is 3130. The number of hydrogen-bond acceptors (Lipinski definition) is 2. The average Bonchev–Trinajstić information content (AvgIpc) is 3.25. The van der Waals surface area contributed by atoms with Crippen LogP contribution >= 0.6 is 0 Å². The summed E-state index contributed by atoms with van der Waals surface area (Å²) in [5, 5.41) is 15.0. The maximum Gasteiger partial charge on any atom is 0.0939 e. The first kappa shape index (κ1) is 30.6. The molecular formula is C52H34N2. The van der Waals surface area contributed by atoms with Gasteiger partial charge in [0.05, 0.1) is 17.2 Å². The highest BCUT2D eigenvalue weighted by atomic mass is 14.9. The summed E-state index contributed by atoms with van der Waals surface area (Å²) in [6.45, 7) is 0. The average molecular weight is 687 g/mol. The lowest BCUT2D eigenvalue weighted by Gasteiger charge is -2.24. The third-order valence-corrected chi connectivity index (χ3v) is 11.3. The van der Waals surface area contributed by atoms with Gasteiger partial charge in [-0.3, -0.25) is 4.98 Å². The Morgan fingerprint density at radius 2 is 1.09 bits per heavy atom. The summed E-state index contributed by atoms with van der Waals surface area (Å²) in [5.41, 5.74) is 11.9. The first-order chi connectivity index (χ1) is 26.8. The van der Waals surface area contributed by atoms with E-state index in [0.717, 1.165) is 16.6 Å². The molecule has 1 unspecified atom stereocenters. The lowest BCUT2D eigenvalue weighted by molar-refractivity contribution is 0.981. The van der Waals surface area contributed by atoms with Gasteiger partial charge in [0, 0.05) is 11.6 Å². The van der Waals surface area contributed by atoms with Crippen LogP contribution in [0.5, 0.6) is 0 Å². The van der Waals surface area contributed by atoms with Crippen molar-refractivity contribution in [3.8, 4) is 33.4 Å². The van der Waals surface area contributed by atoms with Crippen LogP contribution in [0.15, 0.2) is 188 Å². The van der Waals surface area contributed by atoms with Gasteiger partial charge < -0.3 is 5.32 Å². The summed E-state index contributed by atoms with van der Waals surface area (Å²) in [4.78, 5) is 4.71. The van der Waals surface area contributed by atoms with Crippen LogP contribution in [-0.4, -0.2) is 4.98 Å². The van der Waals surface area contributed by atoms with Crippen molar-refractivity contribution in [2.45, 2.75) is 6.04 Å². The Hall–Kier alpha value is -7.03. The van der Waals surface area contributed by atoms with Gasteiger partial charge in [-0.2, -0.15) is 0 Å². The van der Waals surface area contributed by atoms with E-state index in [0.29, 0.717) is 0 Å². The van der Waals surface area contributed by atoms with Gasteiger partial charge in [0.1, 0.15) is 0 Å². The molecule has 2 nitrogen and oxygen atoms in total. The van der Waals surface area contributed by atoms with Gasteiger partial charge in [-0.15, -0.1) is 0 Å². The summed E-state index contributed by atoms with van der Waals surface area (Å²) in [7, 11) is 0. The molecule has 0 amide bonds. The second kappa shape index (κ2) is 12.3. The van der Waals surface area contributed by atoms with E-state index in [1.807, 2.05) is 12.3 Å². The van der Waals surface area contributed by atoms with E-state index in [1.165, 1.54) is 87.6 Å². The topological polar surface area (TPSA) is 24.9 Å². The van der Waals surface area contributed by atoms with Crippen LogP contribution in [0.4, 0.5) is 5.69 Å². The number of anilines is 1. The van der Waals surface area contributed by atoms with Gasteiger partial charge in [0.25, 0.3) is 0 Å². The molecule has 2 heteroatoms.